The first kappa shape index (κ1) is 14.0. The zero-order valence-corrected chi connectivity index (χ0v) is 11.8. The van der Waals surface area contributed by atoms with Crippen molar-refractivity contribution in [2.75, 3.05) is 13.6 Å². The molecule has 0 aromatic carbocycles. The fourth-order valence-corrected chi connectivity index (χ4v) is 2.88. The van der Waals surface area contributed by atoms with Crippen molar-refractivity contribution in [1.29, 1.82) is 0 Å². The first-order valence-electron chi connectivity index (χ1n) is 6.95. The number of nitrogens with zero attached hydrogens (tertiary/aromatic N) is 1. The summed E-state index contributed by atoms with van der Waals surface area (Å²) >= 11 is 0. The molecule has 0 radical (unpaired) electrons. The fourth-order valence-electron chi connectivity index (χ4n) is 2.88. The molecule has 0 atom stereocenters. The van der Waals surface area contributed by atoms with Gasteiger partial charge in [0.15, 0.2) is 0 Å². The maximum atomic E-state index is 3.66. The monoisotopic (exact) mass is 226 g/mol. The first-order chi connectivity index (χ1) is 7.49. The lowest BCUT2D eigenvalue weighted by atomic mass is 9.89. The van der Waals surface area contributed by atoms with Gasteiger partial charge in [0.1, 0.15) is 0 Å². The van der Waals surface area contributed by atoms with E-state index in [4.69, 9.17) is 0 Å². The summed E-state index contributed by atoms with van der Waals surface area (Å²) in [5.74, 6) is 0.788. The van der Waals surface area contributed by atoms with Gasteiger partial charge in [-0.25, -0.2) is 0 Å². The lowest BCUT2D eigenvalue weighted by molar-refractivity contribution is 0.157. The molecule has 1 N–H and O–H groups in total. The molecule has 0 saturated heterocycles. The van der Waals surface area contributed by atoms with E-state index in [-0.39, 0.29) is 0 Å². The van der Waals surface area contributed by atoms with Crippen LogP contribution in [0.1, 0.15) is 53.4 Å². The third-order valence-electron chi connectivity index (χ3n) is 3.54. The Bertz CT molecular complexity index is 181. The van der Waals surface area contributed by atoms with Gasteiger partial charge in [-0.3, -0.25) is 0 Å². The Balaban J connectivity index is 2.25. The first-order valence-corrected chi connectivity index (χ1v) is 6.95. The summed E-state index contributed by atoms with van der Waals surface area (Å²) in [6.45, 7) is 10.4. The van der Waals surface area contributed by atoms with Crippen molar-refractivity contribution >= 4 is 0 Å². The summed E-state index contributed by atoms with van der Waals surface area (Å²) in [5.41, 5.74) is 0. The van der Waals surface area contributed by atoms with Crippen LogP contribution in [0, 0.1) is 5.92 Å². The second-order valence-corrected chi connectivity index (χ2v) is 6.16. The molecule has 0 aromatic heterocycles. The van der Waals surface area contributed by atoms with E-state index in [9.17, 15) is 0 Å². The maximum Gasteiger partial charge on any atom is 0.00934 e. The third-order valence-corrected chi connectivity index (χ3v) is 3.54. The quantitative estimate of drug-likeness (QED) is 0.775. The van der Waals surface area contributed by atoms with Crippen LogP contribution in [-0.4, -0.2) is 36.6 Å². The van der Waals surface area contributed by atoms with Gasteiger partial charge >= 0.3 is 0 Å². The van der Waals surface area contributed by atoms with E-state index < -0.39 is 0 Å². The van der Waals surface area contributed by atoms with Crippen molar-refractivity contribution in [1.82, 2.24) is 10.2 Å². The Morgan fingerprint density at radius 3 is 2.06 bits per heavy atom. The van der Waals surface area contributed by atoms with Crippen molar-refractivity contribution in [2.45, 2.75) is 71.5 Å². The molecule has 0 aliphatic heterocycles. The Hall–Kier alpha value is -0.0800. The molecule has 0 aromatic rings. The van der Waals surface area contributed by atoms with Crippen LogP contribution in [0.3, 0.4) is 0 Å². The molecule has 1 aliphatic rings. The molecule has 96 valence electrons. The summed E-state index contributed by atoms with van der Waals surface area (Å²) in [4.78, 5) is 2.57. The lowest BCUT2D eigenvalue weighted by Crippen LogP contribution is -2.43. The predicted molar refractivity (Wildman–Crippen MR) is 71.8 cm³/mol. The van der Waals surface area contributed by atoms with Crippen LogP contribution >= 0.6 is 0 Å². The minimum Gasteiger partial charge on any atom is -0.312 e. The highest BCUT2D eigenvalue weighted by Gasteiger charge is 2.24. The van der Waals surface area contributed by atoms with E-state index in [1.807, 2.05) is 0 Å². The fraction of sp³-hybridized carbons (Fsp3) is 1.00. The topological polar surface area (TPSA) is 15.3 Å². The zero-order chi connectivity index (χ0) is 12.1. The number of rotatable bonds is 5. The number of hydrogen-bond donors (Lipinski definition) is 1. The van der Waals surface area contributed by atoms with Gasteiger partial charge < -0.3 is 10.2 Å². The highest BCUT2D eigenvalue weighted by atomic mass is 15.1. The summed E-state index contributed by atoms with van der Waals surface area (Å²) < 4.78 is 0. The molecule has 1 saturated carbocycles. The van der Waals surface area contributed by atoms with Crippen LogP contribution in [0.15, 0.2) is 0 Å². The van der Waals surface area contributed by atoms with Crippen molar-refractivity contribution in [3.8, 4) is 0 Å². The SMILES string of the molecule is CC(C)CN(C)C1CCC(NC(C)C)CC1. The molecule has 2 heteroatoms. The van der Waals surface area contributed by atoms with Crippen LogP contribution < -0.4 is 5.32 Å². The smallest absolute Gasteiger partial charge is 0.00934 e. The molecular formula is C14H30N2. The van der Waals surface area contributed by atoms with E-state index in [1.54, 1.807) is 0 Å². The molecule has 1 fully saturated rings. The van der Waals surface area contributed by atoms with Gasteiger partial charge in [0.25, 0.3) is 0 Å². The van der Waals surface area contributed by atoms with Gasteiger partial charge in [0.2, 0.25) is 0 Å². The van der Waals surface area contributed by atoms with E-state index in [0.29, 0.717) is 6.04 Å². The van der Waals surface area contributed by atoms with Crippen molar-refractivity contribution in [2.24, 2.45) is 5.92 Å². The van der Waals surface area contributed by atoms with Gasteiger partial charge in [-0.05, 0) is 38.6 Å². The van der Waals surface area contributed by atoms with Crippen LogP contribution in [0.25, 0.3) is 0 Å². The summed E-state index contributed by atoms with van der Waals surface area (Å²) in [7, 11) is 2.29. The minimum absolute atomic E-state index is 0.634. The highest BCUT2D eigenvalue weighted by Crippen LogP contribution is 2.23. The van der Waals surface area contributed by atoms with Gasteiger partial charge in [-0.2, -0.15) is 0 Å². The average Bonchev–Trinajstić information content (AvgIpc) is 2.16. The van der Waals surface area contributed by atoms with Gasteiger partial charge in [0, 0.05) is 24.7 Å². The maximum absolute atomic E-state index is 3.66. The van der Waals surface area contributed by atoms with Crippen molar-refractivity contribution in [3.05, 3.63) is 0 Å². The van der Waals surface area contributed by atoms with Crippen LogP contribution in [0.4, 0.5) is 0 Å². The zero-order valence-electron chi connectivity index (χ0n) is 11.8. The second-order valence-electron chi connectivity index (χ2n) is 6.16. The van der Waals surface area contributed by atoms with E-state index in [2.05, 4.69) is 45.0 Å². The Morgan fingerprint density at radius 1 is 1.06 bits per heavy atom. The standard InChI is InChI=1S/C14H30N2/c1-11(2)10-16(5)14-8-6-13(7-9-14)15-12(3)4/h11-15H,6-10H2,1-5H3. The van der Waals surface area contributed by atoms with Crippen molar-refractivity contribution < 1.29 is 0 Å². The summed E-state index contributed by atoms with van der Waals surface area (Å²) in [6, 6.07) is 2.23. The van der Waals surface area contributed by atoms with Gasteiger partial charge in [-0.15, -0.1) is 0 Å². The molecule has 0 heterocycles. The predicted octanol–water partition coefficient (Wildman–Crippen LogP) is 2.88. The minimum atomic E-state index is 0.634. The average molecular weight is 226 g/mol. The molecule has 16 heavy (non-hydrogen) atoms. The van der Waals surface area contributed by atoms with Crippen molar-refractivity contribution in [3.63, 3.8) is 0 Å². The Labute approximate surface area is 102 Å². The van der Waals surface area contributed by atoms with E-state index >= 15 is 0 Å². The Kier molecular flexibility index (Phi) is 5.77. The summed E-state index contributed by atoms with van der Waals surface area (Å²) in [5, 5.41) is 3.66. The Morgan fingerprint density at radius 2 is 1.62 bits per heavy atom. The number of hydrogen-bond acceptors (Lipinski definition) is 2. The molecular weight excluding hydrogens is 196 g/mol. The number of nitrogens with one attached hydrogen (secondary N) is 1. The molecule has 1 rings (SSSR count). The van der Waals surface area contributed by atoms with Crippen LogP contribution in [-0.2, 0) is 0 Å². The molecule has 0 unspecified atom stereocenters. The van der Waals surface area contributed by atoms with Crippen LogP contribution in [0.2, 0.25) is 0 Å². The second kappa shape index (κ2) is 6.61. The van der Waals surface area contributed by atoms with Gasteiger partial charge in [0.05, 0.1) is 0 Å². The molecule has 0 bridgehead atoms. The highest BCUT2D eigenvalue weighted by molar-refractivity contribution is 4.82. The molecule has 1 aliphatic carbocycles. The molecule has 2 nitrogen and oxygen atoms in total. The van der Waals surface area contributed by atoms with E-state index in [1.165, 1.54) is 32.2 Å². The molecule has 0 amide bonds. The summed E-state index contributed by atoms with van der Waals surface area (Å²) in [6.07, 6.45) is 5.44. The molecule has 0 spiro atoms. The van der Waals surface area contributed by atoms with E-state index in [0.717, 1.165) is 18.0 Å². The van der Waals surface area contributed by atoms with Gasteiger partial charge in [-0.1, -0.05) is 27.7 Å². The largest absolute Gasteiger partial charge is 0.312 e. The van der Waals surface area contributed by atoms with Crippen LogP contribution in [0.5, 0.6) is 0 Å². The normalized spacial score (nSPS) is 27.0. The lowest BCUT2D eigenvalue weighted by Gasteiger charge is -2.36. The third kappa shape index (κ3) is 4.84.